The molecule has 1 heterocycles. The van der Waals surface area contributed by atoms with Gasteiger partial charge in [0.2, 0.25) is 0 Å². The van der Waals surface area contributed by atoms with E-state index in [1.807, 2.05) is 13.8 Å². The van der Waals surface area contributed by atoms with Gasteiger partial charge >= 0.3 is 11.9 Å². The summed E-state index contributed by atoms with van der Waals surface area (Å²) in [5.41, 5.74) is -1.22. The summed E-state index contributed by atoms with van der Waals surface area (Å²) in [5, 5.41) is 59.1. The highest BCUT2D eigenvalue weighted by molar-refractivity contribution is 8.47. The van der Waals surface area contributed by atoms with E-state index in [0.29, 0.717) is 16.4 Å². The van der Waals surface area contributed by atoms with Crippen molar-refractivity contribution in [3.63, 3.8) is 0 Å². The van der Waals surface area contributed by atoms with Crippen LogP contribution in [-0.4, -0.2) is 103 Å². The lowest BCUT2D eigenvalue weighted by molar-refractivity contribution is -0.287. The average Bonchev–Trinajstić information content (AvgIpc) is 2.90. The zero-order chi connectivity index (χ0) is 29.8. The third kappa shape index (κ3) is 11.4. The Morgan fingerprint density at radius 3 is 2.31 bits per heavy atom. The second-order valence-electron chi connectivity index (χ2n) is 9.82. The van der Waals surface area contributed by atoms with Gasteiger partial charge in [0, 0.05) is 5.75 Å². The Labute approximate surface area is 243 Å². The number of nitrogens with zero attached hydrogens (tertiary/aromatic N) is 1. The molecule has 0 spiro atoms. The third-order valence-corrected chi connectivity index (χ3v) is 9.37. The third-order valence-electron chi connectivity index (χ3n) is 6.30. The maximum absolute atomic E-state index is 13.4. The van der Waals surface area contributed by atoms with Crippen LogP contribution in [0.3, 0.4) is 0 Å². The van der Waals surface area contributed by atoms with Gasteiger partial charge in [-0.15, -0.1) is 23.5 Å². The first-order valence-electron chi connectivity index (χ1n) is 12.9. The number of rotatable bonds is 15. The monoisotopic (exact) mass is 611 g/mol. The quantitative estimate of drug-likeness (QED) is 0.132. The standard InChI is InChI=1S/C25H41NO10S3/c1-5-7-25(4,13-26)16(22(32)35-11-17-18(28)19(29)20(30)23(33)36-17)9-15(21(31)34-10-14(3)27)12-39-24(37)38-8-6-2/h14-20,23,27-30,33H,5-12H2,1-4H3/t14?,15?,16?,17?,18-,19+,20?,23+,25?/m1/s1. The van der Waals surface area contributed by atoms with Gasteiger partial charge in [-0.25, -0.2) is 0 Å². The van der Waals surface area contributed by atoms with Gasteiger partial charge in [0.25, 0.3) is 0 Å². The molecule has 224 valence electrons. The zero-order valence-corrected chi connectivity index (χ0v) is 25.2. The molecule has 1 aliphatic rings. The molecule has 1 rings (SSSR count). The molecule has 39 heavy (non-hydrogen) atoms. The van der Waals surface area contributed by atoms with Crippen LogP contribution in [0.5, 0.6) is 0 Å². The summed E-state index contributed by atoms with van der Waals surface area (Å²) in [6.07, 6.45) is -7.42. The molecule has 0 aromatic heterocycles. The molecule has 0 saturated carbocycles. The molecule has 5 N–H and O–H groups in total. The number of carbonyl (C=O) groups is 2. The number of nitriles is 1. The van der Waals surface area contributed by atoms with Crippen molar-refractivity contribution < 1.29 is 49.3 Å². The van der Waals surface area contributed by atoms with E-state index in [-0.39, 0.29) is 18.8 Å². The molecule has 9 atom stereocenters. The first-order chi connectivity index (χ1) is 18.3. The number of esters is 2. The van der Waals surface area contributed by atoms with Crippen LogP contribution in [-0.2, 0) is 23.8 Å². The number of aliphatic hydroxyl groups excluding tert-OH is 5. The summed E-state index contributed by atoms with van der Waals surface area (Å²) < 4.78 is 16.3. The number of aliphatic hydroxyl groups is 5. The second kappa shape index (κ2) is 17.7. The first-order valence-corrected chi connectivity index (χ1v) is 15.3. The molecule has 0 bridgehead atoms. The van der Waals surface area contributed by atoms with Gasteiger partial charge in [-0.1, -0.05) is 32.5 Å². The van der Waals surface area contributed by atoms with Crippen molar-refractivity contribution in [2.45, 2.75) is 90.2 Å². The van der Waals surface area contributed by atoms with Crippen LogP contribution in [0.4, 0.5) is 0 Å². The summed E-state index contributed by atoms with van der Waals surface area (Å²) >= 11 is 8.13. The highest BCUT2D eigenvalue weighted by Crippen LogP contribution is 2.39. The number of thiocarbonyl (C=S) groups is 1. The minimum absolute atomic E-state index is 0.104. The Hall–Kier alpha value is -1.02. The summed E-state index contributed by atoms with van der Waals surface area (Å²) in [6, 6.07) is 2.19. The van der Waals surface area contributed by atoms with Crippen molar-refractivity contribution in [3.05, 3.63) is 0 Å². The lowest BCUT2D eigenvalue weighted by Crippen LogP contribution is -2.58. The van der Waals surface area contributed by atoms with Crippen LogP contribution in [0.1, 0.15) is 53.4 Å². The molecule has 0 aliphatic carbocycles. The van der Waals surface area contributed by atoms with Crippen LogP contribution in [0.25, 0.3) is 0 Å². The van der Waals surface area contributed by atoms with Gasteiger partial charge in [-0.3, -0.25) is 9.59 Å². The Balaban J connectivity index is 3.15. The summed E-state index contributed by atoms with van der Waals surface area (Å²) in [6.45, 7) is 6.13. The van der Waals surface area contributed by atoms with Crippen LogP contribution < -0.4 is 0 Å². The van der Waals surface area contributed by atoms with Gasteiger partial charge in [0.15, 0.2) is 6.29 Å². The van der Waals surface area contributed by atoms with Gasteiger partial charge in [-0.05, 0) is 38.9 Å². The van der Waals surface area contributed by atoms with E-state index in [9.17, 15) is 40.4 Å². The largest absolute Gasteiger partial charge is 0.463 e. The summed E-state index contributed by atoms with van der Waals surface area (Å²) in [5.74, 6) is -2.42. The van der Waals surface area contributed by atoms with Crippen molar-refractivity contribution in [1.82, 2.24) is 0 Å². The van der Waals surface area contributed by atoms with Gasteiger partial charge in [0.05, 0.1) is 29.4 Å². The zero-order valence-electron chi connectivity index (χ0n) is 22.7. The van der Waals surface area contributed by atoms with E-state index in [1.54, 1.807) is 6.92 Å². The second-order valence-corrected chi connectivity index (χ2v) is 13.1. The Morgan fingerprint density at radius 1 is 1.08 bits per heavy atom. The minimum Gasteiger partial charge on any atom is -0.463 e. The van der Waals surface area contributed by atoms with Crippen molar-refractivity contribution >= 4 is 51.2 Å². The first kappa shape index (κ1) is 36.0. The predicted molar refractivity (Wildman–Crippen MR) is 151 cm³/mol. The number of carbonyl (C=O) groups excluding carboxylic acids is 2. The lowest BCUT2D eigenvalue weighted by Gasteiger charge is -2.38. The van der Waals surface area contributed by atoms with E-state index in [1.165, 1.54) is 30.4 Å². The maximum Gasteiger partial charge on any atom is 0.310 e. The van der Waals surface area contributed by atoms with Crippen LogP contribution in [0, 0.1) is 28.6 Å². The van der Waals surface area contributed by atoms with E-state index in [4.69, 9.17) is 26.4 Å². The van der Waals surface area contributed by atoms with Gasteiger partial charge in [0.1, 0.15) is 41.2 Å². The fraction of sp³-hybridized carbons (Fsp3) is 0.840. The molecule has 1 aliphatic heterocycles. The van der Waals surface area contributed by atoms with Gasteiger partial charge in [-0.2, -0.15) is 5.26 Å². The van der Waals surface area contributed by atoms with Crippen molar-refractivity contribution in [1.29, 1.82) is 5.26 Å². The Kier molecular flexibility index (Phi) is 16.4. The molecule has 0 aromatic rings. The fourth-order valence-electron chi connectivity index (χ4n) is 4.01. The van der Waals surface area contributed by atoms with Crippen molar-refractivity contribution in [2.75, 3.05) is 24.7 Å². The molecular formula is C25H41NO10S3. The molecule has 1 fully saturated rings. The van der Waals surface area contributed by atoms with E-state index in [2.05, 4.69) is 6.07 Å². The summed E-state index contributed by atoms with van der Waals surface area (Å²) in [7, 11) is 0. The molecular weight excluding hydrogens is 570 g/mol. The molecule has 6 unspecified atom stereocenters. The number of hydrogen-bond acceptors (Lipinski definition) is 14. The van der Waals surface area contributed by atoms with Crippen LogP contribution >= 0.6 is 35.7 Å². The van der Waals surface area contributed by atoms with Crippen molar-refractivity contribution in [3.8, 4) is 6.07 Å². The van der Waals surface area contributed by atoms with E-state index in [0.717, 1.165) is 12.2 Å². The smallest absolute Gasteiger partial charge is 0.310 e. The molecule has 0 aromatic carbocycles. The Bertz CT molecular complexity index is 841. The molecule has 1 saturated heterocycles. The van der Waals surface area contributed by atoms with E-state index >= 15 is 0 Å². The molecule has 14 heteroatoms. The van der Waals surface area contributed by atoms with Crippen LogP contribution in [0.15, 0.2) is 0 Å². The van der Waals surface area contributed by atoms with E-state index < -0.39 is 72.6 Å². The highest BCUT2D eigenvalue weighted by Gasteiger charge is 2.46. The lowest BCUT2D eigenvalue weighted by atomic mass is 9.71. The highest BCUT2D eigenvalue weighted by atomic mass is 32.2. The molecule has 0 radical (unpaired) electrons. The topological polar surface area (TPSA) is 187 Å². The summed E-state index contributed by atoms with van der Waals surface area (Å²) in [4.78, 5) is 26.4. The maximum atomic E-state index is 13.4. The fourth-order valence-corrected chi connectivity index (χ4v) is 6.23. The Morgan fingerprint density at radius 2 is 1.74 bits per heavy atom. The normalized spacial score (nSPS) is 26.9. The average molecular weight is 612 g/mol. The van der Waals surface area contributed by atoms with Crippen molar-refractivity contribution in [2.24, 2.45) is 17.3 Å². The number of hydrogen-bond donors (Lipinski definition) is 5. The molecule has 11 nitrogen and oxygen atoms in total. The molecule has 0 amide bonds. The van der Waals surface area contributed by atoms with Gasteiger partial charge < -0.3 is 39.7 Å². The predicted octanol–water partition coefficient (Wildman–Crippen LogP) is 1.37. The minimum atomic E-state index is -1.80. The number of ether oxygens (including phenoxy) is 3. The SMILES string of the molecule is CCCSC(=S)SCC(CC(C(=O)OCC1O[C@H](O)C(O)[C@@H](O)[C@@H]1O)C(C)(C#N)CCC)C(=O)OCC(C)O. The number of thioether (sulfide) groups is 2. The van der Waals surface area contributed by atoms with Crippen LogP contribution in [0.2, 0.25) is 0 Å².